The molecule has 0 fully saturated rings. The first-order chi connectivity index (χ1) is 3.31. The molecule has 0 aliphatic rings. The van der Waals surface area contributed by atoms with E-state index in [-0.39, 0.29) is 12.7 Å². The zero-order valence-electron chi connectivity index (χ0n) is 3.50. The fourth-order valence-corrected chi connectivity index (χ4v) is 0.109. The number of amides is 1. The van der Waals surface area contributed by atoms with Gasteiger partial charge in [-0.3, -0.25) is 9.59 Å². The van der Waals surface area contributed by atoms with E-state index < -0.39 is 6.23 Å². The molecule has 4 heteroatoms. The Morgan fingerprint density at radius 2 is 2.14 bits per heavy atom. The monoisotopic (exact) mass is 103 g/mol. The number of aliphatic hydroxyl groups excluding tert-OH is 1. The second-order valence-corrected chi connectivity index (χ2v) is 0.865. The van der Waals surface area contributed by atoms with Gasteiger partial charge < -0.3 is 10.4 Å². The van der Waals surface area contributed by atoms with E-state index in [0.717, 1.165) is 0 Å². The maximum absolute atomic E-state index is 9.42. The van der Waals surface area contributed by atoms with E-state index in [9.17, 15) is 9.59 Å². The van der Waals surface area contributed by atoms with Crippen molar-refractivity contribution in [3.8, 4) is 0 Å². The highest BCUT2D eigenvalue weighted by atomic mass is 16.3. The molecule has 0 aliphatic heterocycles. The minimum absolute atomic E-state index is 0.217. The van der Waals surface area contributed by atoms with E-state index in [1.165, 1.54) is 0 Å². The lowest BCUT2D eigenvalue weighted by Gasteiger charge is -1.94. The Hall–Kier alpha value is -0.900. The highest BCUT2D eigenvalue weighted by Crippen LogP contribution is 1.58. The molecule has 0 aromatic carbocycles. The smallest absolute Gasteiger partial charge is 0.209 e. The van der Waals surface area contributed by atoms with Crippen LogP contribution in [0.5, 0.6) is 0 Å². The van der Waals surface area contributed by atoms with Crippen LogP contribution in [0, 0.1) is 0 Å². The number of aldehydes is 1. The van der Waals surface area contributed by atoms with Crippen LogP contribution in [-0.2, 0) is 9.59 Å². The molecular weight excluding hydrogens is 98.0 g/mol. The quantitative estimate of drug-likeness (QED) is 0.329. The number of rotatable bonds is 3. The SMILES string of the molecule is O=CNC(O)C=O. The Bertz CT molecular complexity index is 72.6. The van der Waals surface area contributed by atoms with E-state index >= 15 is 0 Å². The molecular formula is C3H5NO3. The summed E-state index contributed by atoms with van der Waals surface area (Å²) in [6, 6.07) is 0. The summed E-state index contributed by atoms with van der Waals surface area (Å²) in [6.45, 7) is 0. The van der Waals surface area contributed by atoms with Gasteiger partial charge >= 0.3 is 0 Å². The van der Waals surface area contributed by atoms with Gasteiger partial charge in [-0.1, -0.05) is 0 Å². The third-order valence-corrected chi connectivity index (χ3v) is 0.368. The van der Waals surface area contributed by atoms with E-state index in [2.05, 4.69) is 0 Å². The molecule has 1 atom stereocenters. The van der Waals surface area contributed by atoms with Crippen LogP contribution in [0.15, 0.2) is 0 Å². The molecule has 2 N–H and O–H groups in total. The summed E-state index contributed by atoms with van der Waals surface area (Å²) >= 11 is 0. The van der Waals surface area contributed by atoms with Gasteiger partial charge in [-0.15, -0.1) is 0 Å². The number of carbonyl (C=O) groups is 2. The van der Waals surface area contributed by atoms with Gasteiger partial charge in [-0.2, -0.15) is 0 Å². The Kier molecular flexibility index (Phi) is 2.87. The number of carbonyl (C=O) groups excluding carboxylic acids is 2. The van der Waals surface area contributed by atoms with Crippen LogP contribution in [0.4, 0.5) is 0 Å². The molecule has 0 aromatic heterocycles. The summed E-state index contributed by atoms with van der Waals surface area (Å²) in [5.41, 5.74) is 0. The van der Waals surface area contributed by atoms with E-state index in [0.29, 0.717) is 0 Å². The van der Waals surface area contributed by atoms with Crippen molar-refractivity contribution >= 4 is 12.7 Å². The van der Waals surface area contributed by atoms with Crippen molar-refractivity contribution in [3.63, 3.8) is 0 Å². The zero-order valence-corrected chi connectivity index (χ0v) is 3.50. The average molecular weight is 103 g/mol. The van der Waals surface area contributed by atoms with E-state index in [1.54, 1.807) is 5.32 Å². The van der Waals surface area contributed by atoms with Crippen LogP contribution in [-0.4, -0.2) is 24.0 Å². The van der Waals surface area contributed by atoms with Crippen molar-refractivity contribution in [2.75, 3.05) is 0 Å². The van der Waals surface area contributed by atoms with Gasteiger partial charge in [0.05, 0.1) is 0 Å². The third kappa shape index (κ3) is 2.92. The second-order valence-electron chi connectivity index (χ2n) is 0.865. The molecule has 0 radical (unpaired) electrons. The van der Waals surface area contributed by atoms with Crippen LogP contribution in [0.3, 0.4) is 0 Å². The van der Waals surface area contributed by atoms with Gasteiger partial charge in [-0.25, -0.2) is 0 Å². The first-order valence-corrected chi connectivity index (χ1v) is 1.64. The zero-order chi connectivity index (χ0) is 5.70. The maximum atomic E-state index is 9.42. The molecule has 0 aliphatic carbocycles. The highest BCUT2D eigenvalue weighted by molar-refractivity contribution is 5.60. The first kappa shape index (κ1) is 6.10. The predicted molar refractivity (Wildman–Crippen MR) is 21.3 cm³/mol. The van der Waals surface area contributed by atoms with Crippen LogP contribution >= 0.6 is 0 Å². The van der Waals surface area contributed by atoms with Gasteiger partial charge in [0.25, 0.3) is 0 Å². The average Bonchev–Trinajstić information content (AvgIpc) is 1.68. The van der Waals surface area contributed by atoms with Crippen LogP contribution in [0.2, 0.25) is 0 Å². The van der Waals surface area contributed by atoms with Crippen molar-refractivity contribution in [3.05, 3.63) is 0 Å². The molecule has 1 unspecified atom stereocenters. The molecule has 40 valence electrons. The minimum Gasteiger partial charge on any atom is -0.367 e. The van der Waals surface area contributed by atoms with Gasteiger partial charge in [0, 0.05) is 0 Å². The molecule has 7 heavy (non-hydrogen) atoms. The van der Waals surface area contributed by atoms with E-state index in [4.69, 9.17) is 5.11 Å². The van der Waals surface area contributed by atoms with Crippen molar-refractivity contribution in [2.24, 2.45) is 0 Å². The maximum Gasteiger partial charge on any atom is 0.209 e. The standard InChI is InChI=1S/C3H5NO3/c5-1-3(7)4-2-6/h1-3,7H,(H,4,6). The molecule has 4 nitrogen and oxygen atoms in total. The Morgan fingerprint density at radius 3 is 2.29 bits per heavy atom. The summed E-state index contributed by atoms with van der Waals surface area (Å²) in [4.78, 5) is 18.8. The minimum atomic E-state index is -1.35. The fourth-order valence-electron chi connectivity index (χ4n) is 0.109. The summed E-state index contributed by atoms with van der Waals surface area (Å²) in [6.07, 6.45) is -0.884. The fraction of sp³-hybridized carbons (Fsp3) is 0.333. The molecule has 0 spiro atoms. The van der Waals surface area contributed by atoms with Crippen LogP contribution < -0.4 is 5.32 Å². The van der Waals surface area contributed by atoms with Gasteiger partial charge in [0.15, 0.2) is 12.5 Å². The number of nitrogens with one attached hydrogen (secondary N) is 1. The Morgan fingerprint density at radius 1 is 1.57 bits per heavy atom. The van der Waals surface area contributed by atoms with Crippen molar-refractivity contribution < 1.29 is 14.7 Å². The van der Waals surface area contributed by atoms with Crippen molar-refractivity contribution in [1.82, 2.24) is 5.32 Å². The summed E-state index contributed by atoms with van der Waals surface area (Å²) < 4.78 is 0. The van der Waals surface area contributed by atoms with Crippen LogP contribution in [0.1, 0.15) is 0 Å². The largest absolute Gasteiger partial charge is 0.367 e. The highest BCUT2D eigenvalue weighted by Gasteiger charge is 1.92. The lowest BCUT2D eigenvalue weighted by molar-refractivity contribution is -0.121. The molecule has 0 saturated carbocycles. The number of hydrogen-bond donors (Lipinski definition) is 2. The van der Waals surface area contributed by atoms with Gasteiger partial charge in [0.2, 0.25) is 6.41 Å². The van der Waals surface area contributed by atoms with Gasteiger partial charge in [-0.05, 0) is 0 Å². The molecule has 0 rings (SSSR count). The van der Waals surface area contributed by atoms with Crippen molar-refractivity contribution in [1.29, 1.82) is 0 Å². The Balaban J connectivity index is 3.15. The topological polar surface area (TPSA) is 66.4 Å². The van der Waals surface area contributed by atoms with Gasteiger partial charge in [0.1, 0.15) is 0 Å². The summed E-state index contributed by atoms with van der Waals surface area (Å²) in [5.74, 6) is 0. The second kappa shape index (κ2) is 3.30. The lowest BCUT2D eigenvalue weighted by atomic mass is 10.6. The number of aliphatic hydroxyl groups is 1. The van der Waals surface area contributed by atoms with E-state index in [1.807, 2.05) is 0 Å². The van der Waals surface area contributed by atoms with Crippen LogP contribution in [0.25, 0.3) is 0 Å². The molecule has 0 heterocycles. The Labute approximate surface area is 40.1 Å². The van der Waals surface area contributed by atoms with Crippen molar-refractivity contribution in [2.45, 2.75) is 6.23 Å². The molecule has 0 bridgehead atoms. The summed E-state index contributed by atoms with van der Waals surface area (Å²) in [5, 5.41) is 9.95. The molecule has 1 amide bonds. The third-order valence-electron chi connectivity index (χ3n) is 0.368. The molecule has 0 aromatic rings. The normalized spacial score (nSPS) is 12.1. The first-order valence-electron chi connectivity index (χ1n) is 1.64. The summed E-state index contributed by atoms with van der Waals surface area (Å²) in [7, 11) is 0. The predicted octanol–water partition coefficient (Wildman–Crippen LogP) is -1.75. The molecule has 0 saturated heterocycles. The number of hydrogen-bond acceptors (Lipinski definition) is 3. The lowest BCUT2D eigenvalue weighted by Crippen LogP contribution is -2.28.